The van der Waals surface area contributed by atoms with Crippen LogP contribution < -0.4 is 40.5 Å². The van der Waals surface area contributed by atoms with Gasteiger partial charge in [-0.1, -0.05) is 59.6 Å². The molecule has 0 spiro atoms. The highest BCUT2D eigenvalue weighted by Crippen LogP contribution is 2.35. The first kappa shape index (κ1) is 27.2. The molecule has 0 saturated heterocycles. The first-order valence-corrected chi connectivity index (χ1v) is 13.2. The van der Waals surface area contributed by atoms with Crippen LogP contribution in [0, 0.1) is 0 Å². The Morgan fingerprint density at radius 3 is 1.45 bits per heavy atom. The number of hydrogen-bond acceptors (Lipinski definition) is 4. The van der Waals surface area contributed by atoms with Crippen LogP contribution in [0.15, 0.2) is 73.4 Å². The highest BCUT2D eigenvalue weighted by molar-refractivity contribution is 8.93. The van der Waals surface area contributed by atoms with Crippen molar-refractivity contribution in [2.45, 2.75) is 25.9 Å². The van der Waals surface area contributed by atoms with Gasteiger partial charge in [0.05, 0.1) is 32.8 Å². The summed E-state index contributed by atoms with van der Waals surface area (Å²) in [5.41, 5.74) is 5.07. The van der Waals surface area contributed by atoms with E-state index >= 15 is 0 Å². The van der Waals surface area contributed by atoms with Crippen molar-refractivity contribution in [1.82, 2.24) is 0 Å². The Labute approximate surface area is 253 Å². The lowest BCUT2D eigenvalue weighted by atomic mass is 10.0. The van der Waals surface area contributed by atoms with E-state index in [9.17, 15) is 0 Å². The van der Waals surface area contributed by atoms with Crippen LogP contribution in [-0.2, 0) is 0 Å². The molecule has 2 unspecified atom stereocenters. The third-order valence-electron chi connectivity index (χ3n) is 7.69. The fourth-order valence-electron chi connectivity index (χ4n) is 6.03. The molecule has 0 bridgehead atoms. The fourth-order valence-corrected chi connectivity index (χ4v) is 6.44. The van der Waals surface area contributed by atoms with Gasteiger partial charge >= 0.3 is 0 Å². The fraction of sp³-hybridized carbons (Fsp3) is 0.200. The lowest BCUT2D eigenvalue weighted by Crippen LogP contribution is -2.49. The van der Waals surface area contributed by atoms with Crippen molar-refractivity contribution in [2.24, 2.45) is 0 Å². The summed E-state index contributed by atoms with van der Waals surface area (Å²) >= 11 is 12.7. The van der Waals surface area contributed by atoms with E-state index in [-0.39, 0.29) is 34.0 Å². The summed E-state index contributed by atoms with van der Waals surface area (Å²) in [6, 6.07) is 9.46. The molecule has 6 heterocycles. The van der Waals surface area contributed by atoms with Crippen molar-refractivity contribution in [2.75, 3.05) is 32.7 Å². The van der Waals surface area contributed by atoms with Crippen LogP contribution in [0.3, 0.4) is 0 Å². The molecule has 6 aliphatic rings. The summed E-state index contributed by atoms with van der Waals surface area (Å²) in [5.74, 6) is 0. The van der Waals surface area contributed by atoms with E-state index in [4.69, 9.17) is 23.2 Å². The minimum atomic E-state index is 0. The highest BCUT2D eigenvalue weighted by Gasteiger charge is 2.31. The number of nitrogens with zero attached hydrogens (tertiary/aromatic N) is 4. The summed E-state index contributed by atoms with van der Waals surface area (Å²) in [4.78, 5) is 9.34. The molecular formula is C30H28Br2Cl2N4. The van der Waals surface area contributed by atoms with E-state index in [1.165, 1.54) is 33.2 Å². The molecule has 0 amide bonds. The second kappa shape index (κ2) is 10.3. The van der Waals surface area contributed by atoms with Crippen molar-refractivity contribution >= 4 is 102 Å². The van der Waals surface area contributed by atoms with Gasteiger partial charge in [0.15, 0.2) is 0 Å². The predicted octanol–water partition coefficient (Wildman–Crippen LogP) is 4.92. The van der Waals surface area contributed by atoms with Crippen molar-refractivity contribution in [3.63, 3.8) is 0 Å². The third kappa shape index (κ3) is 4.08. The lowest BCUT2D eigenvalue weighted by Gasteiger charge is -2.42. The first-order chi connectivity index (χ1) is 17.5. The molecule has 38 heavy (non-hydrogen) atoms. The molecule has 196 valence electrons. The summed E-state index contributed by atoms with van der Waals surface area (Å²) in [5, 5.41) is 6.47. The van der Waals surface area contributed by atoms with Crippen molar-refractivity contribution < 1.29 is 0 Å². The van der Waals surface area contributed by atoms with Gasteiger partial charge in [-0.3, -0.25) is 0 Å². The van der Waals surface area contributed by atoms with Crippen LogP contribution in [0.5, 0.6) is 0 Å². The van der Waals surface area contributed by atoms with Gasteiger partial charge in [-0.25, -0.2) is 0 Å². The third-order valence-corrected chi connectivity index (χ3v) is 8.35. The molecule has 0 radical (unpaired) electrons. The largest absolute Gasteiger partial charge is 0.344 e. The van der Waals surface area contributed by atoms with Crippen molar-refractivity contribution in [3.05, 3.63) is 94.2 Å². The monoisotopic (exact) mass is 672 g/mol. The van der Waals surface area contributed by atoms with Gasteiger partial charge in [0.2, 0.25) is 0 Å². The minimum Gasteiger partial charge on any atom is -0.344 e. The Morgan fingerprint density at radius 1 is 0.605 bits per heavy atom. The lowest BCUT2D eigenvalue weighted by molar-refractivity contribution is 0.672. The molecule has 2 aromatic rings. The zero-order valence-corrected chi connectivity index (χ0v) is 26.0. The Morgan fingerprint density at radius 2 is 1.03 bits per heavy atom. The van der Waals surface area contributed by atoms with Crippen LogP contribution in [0.2, 0.25) is 0 Å². The zero-order valence-electron chi connectivity index (χ0n) is 21.0. The van der Waals surface area contributed by atoms with Gasteiger partial charge in [-0.15, -0.1) is 34.0 Å². The summed E-state index contributed by atoms with van der Waals surface area (Å²) in [6.07, 6.45) is 21.0. The van der Waals surface area contributed by atoms with Crippen LogP contribution in [-0.4, -0.2) is 25.2 Å². The predicted molar refractivity (Wildman–Crippen MR) is 175 cm³/mol. The second-order valence-electron chi connectivity index (χ2n) is 9.96. The average molecular weight is 675 g/mol. The van der Waals surface area contributed by atoms with E-state index in [1.807, 2.05) is 12.2 Å². The molecule has 0 N–H and O–H groups in total. The minimum absolute atomic E-state index is 0. The first-order valence-electron chi connectivity index (χ1n) is 12.4. The van der Waals surface area contributed by atoms with Crippen LogP contribution >= 0.6 is 57.2 Å². The van der Waals surface area contributed by atoms with Crippen LogP contribution in [0.1, 0.15) is 13.8 Å². The molecule has 2 aromatic carbocycles. The zero-order chi connectivity index (χ0) is 24.6. The molecular weight excluding hydrogens is 647 g/mol. The quantitative estimate of drug-likeness (QED) is 0.394. The molecule has 0 saturated carbocycles. The Hall–Kier alpha value is -2.38. The molecule has 4 nitrogen and oxygen atoms in total. The Balaban J connectivity index is 0.000000147. The van der Waals surface area contributed by atoms with E-state index in [1.54, 1.807) is 0 Å². The van der Waals surface area contributed by atoms with Gasteiger partial charge in [-0.2, -0.15) is 0 Å². The number of rotatable bonds is 0. The number of anilines is 4. The highest BCUT2D eigenvalue weighted by atomic mass is 79.9. The molecule has 0 fully saturated rings. The number of hydrogen-bond donors (Lipinski definition) is 0. The van der Waals surface area contributed by atoms with Gasteiger partial charge in [0.1, 0.15) is 0 Å². The number of allylic oxidation sites excluding steroid dienone is 4. The average Bonchev–Trinajstić information content (AvgIpc) is 2.89. The maximum atomic E-state index is 6.33. The summed E-state index contributed by atoms with van der Waals surface area (Å²) < 4.78 is 0. The van der Waals surface area contributed by atoms with Crippen molar-refractivity contribution in [1.29, 1.82) is 0 Å². The molecule has 0 aliphatic carbocycles. The van der Waals surface area contributed by atoms with E-state index in [2.05, 4.69) is 107 Å². The normalized spacial score (nSPS) is 21.8. The number of benzene rings is 2. The second-order valence-corrected chi connectivity index (χ2v) is 10.8. The SMILES string of the molecule is Br.Br.CC1CN2C=CC=c3ccc4c(c32)N1C=CC=4Cl.CC1CN2C=CC=c3ccc4c(c32)N1C=CC=4Cl. The molecule has 8 rings (SSSR count). The van der Waals surface area contributed by atoms with E-state index in [0.29, 0.717) is 12.1 Å². The van der Waals surface area contributed by atoms with Gasteiger partial charge in [0.25, 0.3) is 0 Å². The maximum Gasteiger partial charge on any atom is 0.0745 e. The van der Waals surface area contributed by atoms with Gasteiger partial charge < -0.3 is 19.6 Å². The standard InChI is InChI=1S/2C15H13ClN2.2BrH/c2*1-10-9-17-7-2-3-11-4-5-12-13(16)6-8-18(10)15(12)14(11)17;;/h2*2-8,10H,9H2,1H3;2*1H. The van der Waals surface area contributed by atoms with Gasteiger partial charge in [0, 0.05) is 70.8 Å². The number of halogens is 4. The van der Waals surface area contributed by atoms with Gasteiger partial charge in [-0.05, 0) is 38.2 Å². The Bertz CT molecular complexity index is 1570. The Kier molecular flexibility index (Phi) is 7.38. The topological polar surface area (TPSA) is 13.0 Å². The van der Waals surface area contributed by atoms with E-state index < -0.39 is 0 Å². The molecule has 6 aliphatic heterocycles. The van der Waals surface area contributed by atoms with E-state index in [0.717, 1.165) is 33.6 Å². The molecule has 8 heteroatoms. The van der Waals surface area contributed by atoms with Crippen LogP contribution in [0.25, 0.3) is 22.2 Å². The molecule has 2 atom stereocenters. The molecule has 0 aromatic heterocycles. The van der Waals surface area contributed by atoms with Crippen molar-refractivity contribution in [3.8, 4) is 0 Å². The summed E-state index contributed by atoms with van der Waals surface area (Å²) in [7, 11) is 0. The smallest absolute Gasteiger partial charge is 0.0745 e. The summed E-state index contributed by atoms with van der Waals surface area (Å²) in [6.45, 7) is 6.51. The van der Waals surface area contributed by atoms with Crippen LogP contribution in [0.4, 0.5) is 22.7 Å². The maximum absolute atomic E-state index is 6.33.